The number of aliphatic hydroxyl groups excluding tert-OH is 1. The Hall–Kier alpha value is -3.60. The average Bonchev–Trinajstić information content (AvgIpc) is 2.77. The lowest BCUT2D eigenvalue weighted by atomic mass is 9.92. The third-order valence-corrected chi connectivity index (χ3v) is 5.18. The quantitative estimate of drug-likeness (QED) is 0.228. The van der Waals surface area contributed by atoms with Crippen LogP contribution in [-0.2, 0) is 13.6 Å². The second kappa shape index (κ2) is 8.74. The van der Waals surface area contributed by atoms with Gasteiger partial charge in [0.05, 0.1) is 28.6 Å². The number of fused-ring (bicyclic) bond motifs is 4. The predicted molar refractivity (Wildman–Crippen MR) is 108 cm³/mol. The van der Waals surface area contributed by atoms with Crippen LogP contribution in [0.4, 0.5) is 0 Å². The van der Waals surface area contributed by atoms with Crippen LogP contribution in [0.1, 0.15) is 22.5 Å². The van der Waals surface area contributed by atoms with E-state index in [1.165, 1.54) is 0 Å². The molecule has 0 fully saturated rings. The summed E-state index contributed by atoms with van der Waals surface area (Å²) in [4.78, 5) is 17.1. The minimum Gasteiger partial charge on any atom is -0.506 e. The molecule has 1 N–H and O–H groups in total. The number of aryl methyl sites for hydroxylation is 1. The number of rotatable bonds is 1. The standard InChI is InChI=1S/C23H17N3O2.ClHO4/c1-25-12-6-8-16(13-25)21(27)20-17-9-3-2-7-15(17)14-26-19-11-5-4-10-18(19)23(28)24-22(20)26;2-1(3,4)5/h2-13H,14H2,1H3;(H,2,3,4,5). The Morgan fingerprint density at radius 3 is 2.42 bits per heavy atom. The number of hydrogen-bond donors (Lipinski definition) is 1. The van der Waals surface area contributed by atoms with Crippen molar-refractivity contribution in [1.82, 2.24) is 9.55 Å². The van der Waals surface area contributed by atoms with Crippen molar-refractivity contribution in [2.45, 2.75) is 6.54 Å². The van der Waals surface area contributed by atoms with Crippen molar-refractivity contribution in [3.8, 4) is 0 Å². The zero-order valence-electron chi connectivity index (χ0n) is 17.3. The van der Waals surface area contributed by atoms with Crippen molar-refractivity contribution in [3.63, 3.8) is 0 Å². The molecule has 0 spiro atoms. The molecule has 0 amide bonds. The first kappa shape index (κ1) is 22.6. The van der Waals surface area contributed by atoms with E-state index in [9.17, 15) is 9.90 Å². The fourth-order valence-electron chi connectivity index (χ4n) is 3.87. The maximum atomic E-state index is 12.7. The van der Waals surface area contributed by atoms with Crippen molar-refractivity contribution < 1.29 is 38.6 Å². The summed E-state index contributed by atoms with van der Waals surface area (Å²) >= 11 is 0. The molecule has 3 heterocycles. The van der Waals surface area contributed by atoms with Gasteiger partial charge in [-0.2, -0.15) is 4.98 Å². The zero-order valence-corrected chi connectivity index (χ0v) is 18.1. The van der Waals surface area contributed by atoms with Gasteiger partial charge in [-0.25, -0.2) is 23.2 Å². The summed E-state index contributed by atoms with van der Waals surface area (Å²) in [6, 6.07) is 19.1. The number of aromatic nitrogens is 3. The fraction of sp³-hybridized carbons (Fsp3) is 0.0870. The monoisotopic (exact) mass is 467 g/mol. The highest BCUT2D eigenvalue weighted by atomic mass is 35.7. The van der Waals surface area contributed by atoms with Crippen LogP contribution in [0.25, 0.3) is 22.2 Å². The van der Waals surface area contributed by atoms with Gasteiger partial charge in [0.25, 0.3) is 5.56 Å². The van der Waals surface area contributed by atoms with Crippen molar-refractivity contribution >= 4 is 22.2 Å². The number of benzene rings is 2. The highest BCUT2D eigenvalue weighted by Crippen LogP contribution is 2.36. The normalized spacial score (nSPS) is 14.1. The summed E-state index contributed by atoms with van der Waals surface area (Å²) in [6.45, 7) is 0.596. The molecule has 4 aromatic rings. The number of nitrogens with zero attached hydrogens (tertiary/aromatic N) is 3. The Balaban J connectivity index is 0.000000471. The Bertz CT molecular complexity index is 1440. The highest BCUT2D eigenvalue weighted by molar-refractivity contribution is 5.96. The van der Waals surface area contributed by atoms with E-state index in [0.717, 1.165) is 16.6 Å². The Morgan fingerprint density at radius 2 is 1.70 bits per heavy atom. The number of pyridine rings is 1. The second-order valence-corrected chi connectivity index (χ2v) is 8.12. The molecule has 1 aliphatic rings. The molecule has 0 unspecified atom stereocenters. The molecule has 33 heavy (non-hydrogen) atoms. The molecule has 0 radical (unpaired) electrons. The van der Waals surface area contributed by atoms with Gasteiger partial charge in [0.15, 0.2) is 12.4 Å². The topological polar surface area (TPSA) is 151 Å². The van der Waals surface area contributed by atoms with Crippen LogP contribution in [0.5, 0.6) is 0 Å². The van der Waals surface area contributed by atoms with Crippen LogP contribution >= 0.6 is 0 Å². The molecular formula is C23H18ClN3O6. The van der Waals surface area contributed by atoms with Crippen molar-refractivity contribution in [3.05, 3.63) is 106 Å². The summed E-state index contributed by atoms with van der Waals surface area (Å²) in [6.07, 6.45) is 3.75. The van der Waals surface area contributed by atoms with Gasteiger partial charge < -0.3 is 9.67 Å². The number of aliphatic hydroxyl groups is 1. The lowest BCUT2D eigenvalue weighted by Gasteiger charge is -2.26. The molecule has 0 atom stereocenters. The molecule has 168 valence electrons. The maximum Gasteiger partial charge on any atom is 0.281 e. The van der Waals surface area contributed by atoms with E-state index in [2.05, 4.69) is 4.98 Å². The SMILES string of the molecule is C[n+]1cccc(/C(O)=C2/c3ccccc3Cn3c2nc(=O)c2ccccc23)c1.[O-][Cl+3]([O-])([O-])[O-]. The van der Waals surface area contributed by atoms with Crippen molar-refractivity contribution in [2.75, 3.05) is 0 Å². The van der Waals surface area contributed by atoms with Gasteiger partial charge in [-0.3, -0.25) is 4.79 Å². The van der Waals surface area contributed by atoms with Gasteiger partial charge in [0.1, 0.15) is 18.6 Å². The van der Waals surface area contributed by atoms with E-state index in [0.29, 0.717) is 28.9 Å². The van der Waals surface area contributed by atoms with Crippen molar-refractivity contribution in [1.29, 1.82) is 0 Å². The van der Waals surface area contributed by atoms with E-state index in [-0.39, 0.29) is 11.3 Å². The number of halogens is 1. The summed E-state index contributed by atoms with van der Waals surface area (Å²) in [7, 11) is -3.04. The molecule has 2 aromatic carbocycles. The van der Waals surface area contributed by atoms with Gasteiger partial charge in [-0.05, 0) is 29.3 Å². The fourth-order valence-corrected chi connectivity index (χ4v) is 3.87. The minimum atomic E-state index is -4.94. The third kappa shape index (κ3) is 4.77. The van der Waals surface area contributed by atoms with Gasteiger partial charge in [-0.1, -0.05) is 36.4 Å². The first-order valence-electron chi connectivity index (χ1n) is 9.72. The minimum absolute atomic E-state index is 0.110. The lowest BCUT2D eigenvalue weighted by Crippen LogP contribution is -2.68. The molecule has 5 rings (SSSR count). The van der Waals surface area contributed by atoms with Gasteiger partial charge in [0.2, 0.25) is 0 Å². The molecule has 0 saturated carbocycles. The lowest BCUT2D eigenvalue weighted by molar-refractivity contribution is -2.00. The maximum absolute atomic E-state index is 12.7. The summed E-state index contributed by atoms with van der Waals surface area (Å²) < 4.78 is 37.9. The Kier molecular flexibility index (Phi) is 5.98. The van der Waals surface area contributed by atoms with Crippen LogP contribution in [-0.4, -0.2) is 14.7 Å². The van der Waals surface area contributed by atoms with Gasteiger partial charge >= 0.3 is 0 Å². The van der Waals surface area contributed by atoms with E-state index in [4.69, 9.17) is 18.6 Å². The summed E-state index contributed by atoms with van der Waals surface area (Å²) in [5.74, 6) is 0.602. The number of hydrogen-bond acceptors (Lipinski definition) is 7. The van der Waals surface area contributed by atoms with Crippen LogP contribution in [0.3, 0.4) is 0 Å². The van der Waals surface area contributed by atoms with Gasteiger partial charge in [-0.15, -0.1) is 10.2 Å². The van der Waals surface area contributed by atoms with E-state index in [1.54, 1.807) is 6.07 Å². The van der Waals surface area contributed by atoms with Crippen LogP contribution in [0.2, 0.25) is 0 Å². The van der Waals surface area contributed by atoms with Crippen molar-refractivity contribution in [2.24, 2.45) is 7.05 Å². The van der Waals surface area contributed by atoms with Crippen LogP contribution < -0.4 is 28.8 Å². The van der Waals surface area contributed by atoms with Crippen LogP contribution in [0.15, 0.2) is 77.9 Å². The predicted octanol–water partition coefficient (Wildman–Crippen LogP) is -1.70. The molecule has 0 saturated heterocycles. The first-order valence-corrected chi connectivity index (χ1v) is 11.0. The van der Waals surface area contributed by atoms with E-state index >= 15 is 0 Å². The Morgan fingerprint density at radius 1 is 1.03 bits per heavy atom. The molecule has 10 heteroatoms. The van der Waals surface area contributed by atoms with Gasteiger partial charge in [0, 0.05) is 6.07 Å². The number of para-hydroxylation sites is 1. The summed E-state index contributed by atoms with van der Waals surface area (Å²) in [5, 5.41) is 11.8. The highest BCUT2D eigenvalue weighted by Gasteiger charge is 2.27. The van der Waals surface area contributed by atoms with Crippen LogP contribution in [0, 0.1) is 10.2 Å². The average molecular weight is 468 g/mol. The molecule has 9 nitrogen and oxygen atoms in total. The third-order valence-electron chi connectivity index (χ3n) is 5.18. The summed E-state index contributed by atoms with van der Waals surface area (Å²) in [5.41, 5.74) is 3.75. The smallest absolute Gasteiger partial charge is 0.281 e. The molecule has 2 aromatic heterocycles. The largest absolute Gasteiger partial charge is 0.506 e. The molecular weight excluding hydrogens is 450 g/mol. The second-order valence-electron chi connectivity index (χ2n) is 7.36. The van der Waals surface area contributed by atoms with E-state index in [1.807, 2.05) is 83.2 Å². The molecule has 0 bridgehead atoms. The first-order chi connectivity index (χ1) is 15.6. The molecule has 0 aliphatic carbocycles. The Labute approximate surface area is 190 Å². The molecule has 1 aliphatic heterocycles. The van der Waals surface area contributed by atoms with E-state index < -0.39 is 10.2 Å². The zero-order chi connectivity index (χ0) is 23.8.